The SMILES string of the molecule is COc1ccccc1C(O)Cn1cc(C(=O)Nc2ccc(Br)c(C)c2)nn1. The van der Waals surface area contributed by atoms with Gasteiger partial charge in [0.15, 0.2) is 5.69 Å². The van der Waals surface area contributed by atoms with E-state index < -0.39 is 6.10 Å². The lowest BCUT2D eigenvalue weighted by atomic mass is 10.1. The third kappa shape index (κ3) is 4.53. The van der Waals surface area contributed by atoms with Gasteiger partial charge < -0.3 is 15.2 Å². The normalized spacial score (nSPS) is 11.9. The molecule has 1 atom stereocenters. The molecule has 0 fully saturated rings. The third-order valence-electron chi connectivity index (χ3n) is 4.05. The first-order valence-electron chi connectivity index (χ1n) is 8.26. The number of aliphatic hydroxyl groups excluding tert-OH is 1. The maximum atomic E-state index is 12.4. The quantitative estimate of drug-likeness (QED) is 0.625. The van der Waals surface area contributed by atoms with Crippen LogP contribution in [0.4, 0.5) is 5.69 Å². The molecule has 0 saturated carbocycles. The molecule has 140 valence electrons. The van der Waals surface area contributed by atoms with Crippen LogP contribution in [0.2, 0.25) is 0 Å². The van der Waals surface area contributed by atoms with Crippen LogP contribution in [0.25, 0.3) is 0 Å². The van der Waals surface area contributed by atoms with Crippen molar-refractivity contribution in [1.82, 2.24) is 15.0 Å². The second-order valence-corrected chi connectivity index (χ2v) is 6.86. The number of para-hydroxylation sites is 1. The number of hydrogen-bond donors (Lipinski definition) is 2. The van der Waals surface area contributed by atoms with Crippen LogP contribution in [-0.4, -0.2) is 33.1 Å². The highest BCUT2D eigenvalue weighted by molar-refractivity contribution is 9.10. The number of benzene rings is 2. The fourth-order valence-corrected chi connectivity index (χ4v) is 2.87. The lowest BCUT2D eigenvalue weighted by Crippen LogP contribution is -2.13. The lowest BCUT2D eigenvalue weighted by molar-refractivity contribution is 0.102. The molecule has 2 N–H and O–H groups in total. The molecule has 7 nitrogen and oxygen atoms in total. The Labute approximate surface area is 165 Å². The maximum Gasteiger partial charge on any atom is 0.277 e. The van der Waals surface area contributed by atoms with E-state index in [4.69, 9.17) is 4.74 Å². The van der Waals surface area contributed by atoms with Crippen molar-refractivity contribution >= 4 is 27.5 Å². The highest BCUT2D eigenvalue weighted by atomic mass is 79.9. The largest absolute Gasteiger partial charge is 0.496 e. The highest BCUT2D eigenvalue weighted by Gasteiger charge is 2.16. The van der Waals surface area contributed by atoms with Gasteiger partial charge in [0, 0.05) is 15.7 Å². The van der Waals surface area contributed by atoms with E-state index in [9.17, 15) is 9.90 Å². The summed E-state index contributed by atoms with van der Waals surface area (Å²) in [6.45, 7) is 2.09. The summed E-state index contributed by atoms with van der Waals surface area (Å²) in [5, 5.41) is 21.1. The van der Waals surface area contributed by atoms with Crippen molar-refractivity contribution in [2.45, 2.75) is 19.6 Å². The molecule has 0 bridgehead atoms. The Morgan fingerprint density at radius 1 is 1.33 bits per heavy atom. The van der Waals surface area contributed by atoms with Crippen LogP contribution in [0.1, 0.15) is 27.7 Å². The smallest absolute Gasteiger partial charge is 0.277 e. The average Bonchev–Trinajstić information content (AvgIpc) is 3.13. The topological polar surface area (TPSA) is 89.3 Å². The summed E-state index contributed by atoms with van der Waals surface area (Å²) in [5.74, 6) is 0.225. The molecule has 27 heavy (non-hydrogen) atoms. The van der Waals surface area contributed by atoms with Crippen molar-refractivity contribution < 1.29 is 14.6 Å². The summed E-state index contributed by atoms with van der Waals surface area (Å²) < 4.78 is 7.66. The minimum atomic E-state index is -0.840. The van der Waals surface area contributed by atoms with Crippen molar-refractivity contribution in [3.63, 3.8) is 0 Å². The molecule has 8 heteroatoms. The zero-order valence-corrected chi connectivity index (χ0v) is 16.5. The monoisotopic (exact) mass is 430 g/mol. The first kappa shape index (κ1) is 19.1. The van der Waals surface area contributed by atoms with Crippen molar-refractivity contribution in [2.24, 2.45) is 0 Å². The van der Waals surface area contributed by atoms with Crippen LogP contribution in [0.3, 0.4) is 0 Å². The van der Waals surface area contributed by atoms with E-state index in [1.165, 1.54) is 10.9 Å². The van der Waals surface area contributed by atoms with E-state index in [-0.39, 0.29) is 18.1 Å². The molecule has 1 unspecified atom stereocenters. The number of hydrogen-bond acceptors (Lipinski definition) is 5. The van der Waals surface area contributed by atoms with Gasteiger partial charge in [0.05, 0.1) is 19.9 Å². The fraction of sp³-hybridized carbons (Fsp3) is 0.211. The van der Waals surface area contributed by atoms with Crippen molar-refractivity contribution in [3.05, 3.63) is 70.0 Å². The summed E-state index contributed by atoms with van der Waals surface area (Å²) in [7, 11) is 1.55. The van der Waals surface area contributed by atoms with Gasteiger partial charge in [-0.3, -0.25) is 4.79 Å². The number of carbonyl (C=O) groups is 1. The molecule has 1 heterocycles. The van der Waals surface area contributed by atoms with Crippen LogP contribution in [0.5, 0.6) is 5.75 Å². The van der Waals surface area contributed by atoms with Gasteiger partial charge in [-0.2, -0.15) is 0 Å². The van der Waals surface area contributed by atoms with Gasteiger partial charge in [-0.15, -0.1) is 5.10 Å². The van der Waals surface area contributed by atoms with Gasteiger partial charge in [-0.25, -0.2) is 4.68 Å². The first-order valence-corrected chi connectivity index (χ1v) is 9.06. The Morgan fingerprint density at radius 3 is 2.85 bits per heavy atom. The molecule has 2 aromatic carbocycles. The summed E-state index contributed by atoms with van der Waals surface area (Å²) in [6.07, 6.45) is 0.660. The summed E-state index contributed by atoms with van der Waals surface area (Å²) in [5.41, 5.74) is 2.50. The maximum absolute atomic E-state index is 12.4. The van der Waals surface area contributed by atoms with Crippen LogP contribution in [0, 0.1) is 6.92 Å². The first-order chi connectivity index (χ1) is 13.0. The zero-order chi connectivity index (χ0) is 19.4. The molecule has 0 aliphatic carbocycles. The number of rotatable bonds is 6. The Balaban J connectivity index is 1.68. The van der Waals surface area contributed by atoms with Gasteiger partial charge in [0.2, 0.25) is 0 Å². The van der Waals surface area contributed by atoms with E-state index in [2.05, 4.69) is 31.6 Å². The number of nitrogens with zero attached hydrogens (tertiary/aromatic N) is 3. The van der Waals surface area contributed by atoms with Crippen LogP contribution in [-0.2, 0) is 6.54 Å². The lowest BCUT2D eigenvalue weighted by Gasteiger charge is -2.14. The number of halogens is 1. The number of aliphatic hydroxyl groups is 1. The van der Waals surface area contributed by atoms with E-state index in [1.807, 2.05) is 31.2 Å². The Hall–Kier alpha value is -2.71. The number of aromatic nitrogens is 3. The molecular weight excluding hydrogens is 412 g/mol. The van der Waals surface area contributed by atoms with Crippen LogP contribution < -0.4 is 10.1 Å². The number of amides is 1. The predicted molar refractivity (Wildman–Crippen MR) is 105 cm³/mol. The minimum absolute atomic E-state index is 0.151. The number of aryl methyl sites for hydroxylation is 1. The molecule has 3 aromatic rings. The molecule has 1 amide bonds. The molecule has 0 aliphatic rings. The number of methoxy groups -OCH3 is 1. The second kappa shape index (κ2) is 8.32. The number of nitrogens with one attached hydrogen (secondary N) is 1. The third-order valence-corrected chi connectivity index (χ3v) is 4.93. The van der Waals surface area contributed by atoms with E-state index in [1.54, 1.807) is 25.3 Å². The Morgan fingerprint density at radius 2 is 2.11 bits per heavy atom. The molecule has 0 spiro atoms. The van der Waals surface area contributed by atoms with Crippen molar-refractivity contribution in [2.75, 3.05) is 12.4 Å². The zero-order valence-electron chi connectivity index (χ0n) is 14.9. The average molecular weight is 431 g/mol. The van der Waals surface area contributed by atoms with Gasteiger partial charge in [0.25, 0.3) is 5.91 Å². The second-order valence-electron chi connectivity index (χ2n) is 6.00. The Bertz CT molecular complexity index is 958. The standard InChI is InChI=1S/C19H19BrN4O3/c1-12-9-13(7-8-15(12)20)21-19(26)16-10-24(23-22-16)11-17(25)14-5-3-4-6-18(14)27-2/h3-10,17,25H,11H2,1-2H3,(H,21,26). The van der Waals surface area contributed by atoms with Crippen molar-refractivity contribution in [3.8, 4) is 5.75 Å². The van der Waals surface area contributed by atoms with Crippen LogP contribution >= 0.6 is 15.9 Å². The molecular formula is C19H19BrN4O3. The molecule has 0 radical (unpaired) electrons. The number of carbonyl (C=O) groups excluding carboxylic acids is 1. The molecule has 3 rings (SSSR count). The van der Waals surface area contributed by atoms with Gasteiger partial charge in [-0.1, -0.05) is 39.3 Å². The summed E-state index contributed by atoms with van der Waals surface area (Å²) >= 11 is 3.43. The fourth-order valence-electron chi connectivity index (χ4n) is 2.63. The summed E-state index contributed by atoms with van der Waals surface area (Å²) in [4.78, 5) is 12.4. The molecule has 0 saturated heterocycles. The van der Waals surface area contributed by atoms with E-state index in [0.29, 0.717) is 17.0 Å². The van der Waals surface area contributed by atoms with E-state index in [0.717, 1.165) is 10.0 Å². The molecule has 0 aliphatic heterocycles. The minimum Gasteiger partial charge on any atom is -0.496 e. The van der Waals surface area contributed by atoms with Gasteiger partial charge in [0.1, 0.15) is 11.9 Å². The van der Waals surface area contributed by atoms with E-state index >= 15 is 0 Å². The van der Waals surface area contributed by atoms with Gasteiger partial charge in [-0.05, 0) is 36.8 Å². The van der Waals surface area contributed by atoms with Gasteiger partial charge >= 0.3 is 0 Å². The van der Waals surface area contributed by atoms with Crippen LogP contribution in [0.15, 0.2) is 53.1 Å². The molecule has 1 aromatic heterocycles. The van der Waals surface area contributed by atoms with Crippen molar-refractivity contribution in [1.29, 1.82) is 0 Å². The number of anilines is 1. The Kier molecular flexibility index (Phi) is 5.88. The summed E-state index contributed by atoms with van der Waals surface area (Å²) in [6, 6.07) is 12.7. The highest BCUT2D eigenvalue weighted by Crippen LogP contribution is 2.25. The predicted octanol–water partition coefficient (Wildman–Crippen LogP) is 3.34. The number of ether oxygens (including phenoxy) is 1.